The summed E-state index contributed by atoms with van der Waals surface area (Å²) in [6.07, 6.45) is 0.0856. The van der Waals surface area contributed by atoms with Gasteiger partial charge in [0.1, 0.15) is 5.75 Å². The van der Waals surface area contributed by atoms with Gasteiger partial charge in [-0.15, -0.1) is 0 Å². The van der Waals surface area contributed by atoms with Gasteiger partial charge in [0.05, 0.1) is 16.7 Å². The fourth-order valence-corrected chi connectivity index (χ4v) is 2.24. The molecule has 0 aliphatic rings. The molecule has 0 atom stereocenters. The molecule has 3 nitrogen and oxygen atoms in total. The van der Waals surface area contributed by atoms with Gasteiger partial charge in [-0.1, -0.05) is 23.7 Å². The molecule has 2 aromatic carbocycles. The number of ether oxygens (including phenoxy) is 1. The Morgan fingerprint density at radius 1 is 1.19 bits per heavy atom. The number of hydrogen-bond acceptors (Lipinski definition) is 2. The first-order valence-corrected chi connectivity index (χ1v) is 7.17. The van der Waals surface area contributed by atoms with E-state index in [0.29, 0.717) is 16.3 Å². The standard InChI is InChI=1S/C17H18ClNO2/c1-11(2)21-14-6-4-5-13(10-14)19-17(20)15-8-7-12(3)9-16(15)18/h4-11H,1-3H3,(H,19,20). The Morgan fingerprint density at radius 2 is 1.95 bits per heavy atom. The van der Waals surface area contributed by atoms with Crippen molar-refractivity contribution in [3.63, 3.8) is 0 Å². The number of carbonyl (C=O) groups excluding carboxylic acids is 1. The molecule has 0 saturated heterocycles. The number of carbonyl (C=O) groups is 1. The quantitative estimate of drug-likeness (QED) is 0.890. The van der Waals surface area contributed by atoms with Crippen LogP contribution in [0, 0.1) is 6.92 Å². The zero-order valence-electron chi connectivity index (χ0n) is 12.3. The van der Waals surface area contributed by atoms with Crippen LogP contribution in [0.5, 0.6) is 5.75 Å². The van der Waals surface area contributed by atoms with Crippen molar-refractivity contribution in [2.24, 2.45) is 0 Å². The summed E-state index contributed by atoms with van der Waals surface area (Å²) in [4.78, 5) is 12.2. The van der Waals surface area contributed by atoms with Crippen molar-refractivity contribution >= 4 is 23.2 Å². The first kappa shape index (κ1) is 15.4. The van der Waals surface area contributed by atoms with Crippen LogP contribution in [0.15, 0.2) is 42.5 Å². The van der Waals surface area contributed by atoms with Crippen LogP contribution in [-0.2, 0) is 0 Å². The highest BCUT2D eigenvalue weighted by Gasteiger charge is 2.11. The van der Waals surface area contributed by atoms with Gasteiger partial charge >= 0.3 is 0 Å². The molecule has 0 fully saturated rings. The Balaban J connectivity index is 2.15. The summed E-state index contributed by atoms with van der Waals surface area (Å²) < 4.78 is 5.60. The lowest BCUT2D eigenvalue weighted by molar-refractivity contribution is 0.102. The minimum atomic E-state index is -0.235. The summed E-state index contributed by atoms with van der Waals surface area (Å²) in [5, 5.41) is 3.28. The third kappa shape index (κ3) is 4.23. The maximum Gasteiger partial charge on any atom is 0.257 e. The third-order valence-electron chi connectivity index (χ3n) is 2.83. The van der Waals surface area contributed by atoms with Crippen molar-refractivity contribution in [1.82, 2.24) is 0 Å². The number of amides is 1. The summed E-state index contributed by atoms with van der Waals surface area (Å²) in [7, 11) is 0. The largest absolute Gasteiger partial charge is 0.491 e. The number of rotatable bonds is 4. The molecule has 0 aliphatic heterocycles. The molecule has 0 bridgehead atoms. The van der Waals surface area contributed by atoms with E-state index in [1.165, 1.54) is 0 Å². The zero-order chi connectivity index (χ0) is 15.4. The molecular weight excluding hydrogens is 286 g/mol. The highest BCUT2D eigenvalue weighted by Crippen LogP contribution is 2.22. The summed E-state index contributed by atoms with van der Waals surface area (Å²) in [5.74, 6) is 0.486. The van der Waals surface area contributed by atoms with Gasteiger partial charge in [-0.05, 0) is 50.6 Å². The van der Waals surface area contributed by atoms with E-state index in [9.17, 15) is 4.79 Å². The summed E-state index contributed by atoms with van der Waals surface area (Å²) in [6, 6.07) is 12.7. The second-order valence-corrected chi connectivity index (χ2v) is 5.54. The number of halogens is 1. The van der Waals surface area contributed by atoms with Crippen LogP contribution in [0.1, 0.15) is 29.8 Å². The van der Waals surface area contributed by atoms with Crippen molar-refractivity contribution in [1.29, 1.82) is 0 Å². The van der Waals surface area contributed by atoms with Crippen LogP contribution in [0.4, 0.5) is 5.69 Å². The highest BCUT2D eigenvalue weighted by molar-refractivity contribution is 6.34. The molecule has 0 heterocycles. The van der Waals surface area contributed by atoms with Gasteiger partial charge in [0.15, 0.2) is 0 Å². The van der Waals surface area contributed by atoms with E-state index in [-0.39, 0.29) is 12.0 Å². The van der Waals surface area contributed by atoms with E-state index in [0.717, 1.165) is 11.3 Å². The Bertz CT molecular complexity index is 653. The zero-order valence-corrected chi connectivity index (χ0v) is 13.1. The van der Waals surface area contributed by atoms with Crippen molar-refractivity contribution in [3.05, 3.63) is 58.6 Å². The minimum absolute atomic E-state index is 0.0856. The number of aryl methyl sites for hydroxylation is 1. The Hall–Kier alpha value is -2.00. The van der Waals surface area contributed by atoms with Crippen molar-refractivity contribution in [2.75, 3.05) is 5.32 Å². The normalized spacial score (nSPS) is 10.5. The lowest BCUT2D eigenvalue weighted by atomic mass is 10.1. The van der Waals surface area contributed by atoms with Crippen molar-refractivity contribution < 1.29 is 9.53 Å². The SMILES string of the molecule is Cc1ccc(C(=O)Nc2cccc(OC(C)C)c2)c(Cl)c1. The van der Waals surface area contributed by atoms with Crippen LogP contribution in [0.25, 0.3) is 0 Å². The molecule has 0 radical (unpaired) electrons. The summed E-state index contributed by atoms with van der Waals surface area (Å²) in [6.45, 7) is 5.84. The fraction of sp³-hybridized carbons (Fsp3) is 0.235. The molecule has 0 aromatic heterocycles. The summed E-state index contributed by atoms with van der Waals surface area (Å²) >= 11 is 6.11. The van der Waals surface area contributed by atoms with E-state index in [1.54, 1.807) is 18.2 Å². The molecular formula is C17H18ClNO2. The molecule has 21 heavy (non-hydrogen) atoms. The van der Waals surface area contributed by atoms with E-state index in [4.69, 9.17) is 16.3 Å². The second-order valence-electron chi connectivity index (χ2n) is 5.13. The maximum absolute atomic E-state index is 12.2. The lowest BCUT2D eigenvalue weighted by Crippen LogP contribution is -2.13. The van der Waals surface area contributed by atoms with Gasteiger partial charge in [0, 0.05) is 11.8 Å². The minimum Gasteiger partial charge on any atom is -0.491 e. The smallest absolute Gasteiger partial charge is 0.257 e. The number of anilines is 1. The highest BCUT2D eigenvalue weighted by atomic mass is 35.5. The molecule has 1 N–H and O–H groups in total. The molecule has 4 heteroatoms. The maximum atomic E-state index is 12.2. The molecule has 110 valence electrons. The van der Waals surface area contributed by atoms with Crippen LogP contribution < -0.4 is 10.1 Å². The Morgan fingerprint density at radius 3 is 2.62 bits per heavy atom. The first-order chi connectivity index (χ1) is 9.95. The number of hydrogen-bond donors (Lipinski definition) is 1. The van der Waals surface area contributed by atoms with Crippen molar-refractivity contribution in [3.8, 4) is 5.75 Å². The van der Waals surface area contributed by atoms with Crippen LogP contribution >= 0.6 is 11.6 Å². The predicted molar refractivity (Wildman–Crippen MR) is 86.3 cm³/mol. The van der Waals surface area contributed by atoms with Gasteiger partial charge < -0.3 is 10.1 Å². The second kappa shape index (κ2) is 6.64. The molecule has 0 spiro atoms. The molecule has 0 saturated carbocycles. The molecule has 2 rings (SSSR count). The number of nitrogens with one attached hydrogen (secondary N) is 1. The molecule has 0 unspecified atom stereocenters. The van der Waals surface area contributed by atoms with Gasteiger partial charge in [-0.3, -0.25) is 4.79 Å². The van der Waals surface area contributed by atoms with Gasteiger partial charge in [0.25, 0.3) is 5.91 Å². The van der Waals surface area contributed by atoms with E-state index >= 15 is 0 Å². The van der Waals surface area contributed by atoms with Gasteiger partial charge in [0.2, 0.25) is 0 Å². The van der Waals surface area contributed by atoms with E-state index < -0.39 is 0 Å². The average molecular weight is 304 g/mol. The van der Waals surface area contributed by atoms with E-state index in [2.05, 4.69) is 5.32 Å². The topological polar surface area (TPSA) is 38.3 Å². The Kier molecular flexibility index (Phi) is 4.86. The van der Waals surface area contributed by atoms with Crippen LogP contribution in [0.2, 0.25) is 5.02 Å². The van der Waals surface area contributed by atoms with Gasteiger partial charge in [-0.25, -0.2) is 0 Å². The summed E-state index contributed by atoms with van der Waals surface area (Å²) in [5.41, 5.74) is 2.15. The predicted octanol–water partition coefficient (Wildman–Crippen LogP) is 4.69. The Labute approximate surface area is 129 Å². The lowest BCUT2D eigenvalue weighted by Gasteiger charge is -2.12. The fourth-order valence-electron chi connectivity index (χ4n) is 1.92. The monoisotopic (exact) mass is 303 g/mol. The first-order valence-electron chi connectivity index (χ1n) is 6.80. The van der Waals surface area contributed by atoms with Crippen LogP contribution in [0.3, 0.4) is 0 Å². The van der Waals surface area contributed by atoms with Crippen LogP contribution in [-0.4, -0.2) is 12.0 Å². The number of benzene rings is 2. The molecule has 2 aromatic rings. The van der Waals surface area contributed by atoms with Crippen molar-refractivity contribution in [2.45, 2.75) is 26.9 Å². The molecule has 1 amide bonds. The molecule has 0 aliphatic carbocycles. The van der Waals surface area contributed by atoms with E-state index in [1.807, 2.05) is 45.0 Å². The van der Waals surface area contributed by atoms with Gasteiger partial charge in [-0.2, -0.15) is 0 Å². The third-order valence-corrected chi connectivity index (χ3v) is 3.15. The average Bonchev–Trinajstić information content (AvgIpc) is 2.37.